The molecule has 0 aliphatic carbocycles. The van der Waals surface area contributed by atoms with Gasteiger partial charge in [0.2, 0.25) is 10.9 Å². The van der Waals surface area contributed by atoms with Crippen molar-refractivity contribution in [3.05, 3.63) is 37.8 Å². The van der Waals surface area contributed by atoms with Crippen LogP contribution in [0.25, 0.3) is 0 Å². The third-order valence-corrected chi connectivity index (χ3v) is 3.76. The highest BCUT2D eigenvalue weighted by Gasteiger charge is 2.18. The molecule has 9 heteroatoms. The number of halogens is 1. The van der Waals surface area contributed by atoms with Crippen molar-refractivity contribution in [1.29, 1.82) is 0 Å². The van der Waals surface area contributed by atoms with Crippen LogP contribution in [-0.2, 0) is 6.61 Å². The highest BCUT2D eigenvalue weighted by molar-refractivity contribution is 9.10. The van der Waals surface area contributed by atoms with Crippen molar-refractivity contribution in [3.8, 4) is 5.75 Å². The van der Waals surface area contributed by atoms with E-state index in [0.29, 0.717) is 14.6 Å². The Bertz CT molecular complexity index is 619. The van der Waals surface area contributed by atoms with Crippen molar-refractivity contribution in [3.63, 3.8) is 0 Å². The minimum Gasteiger partial charge on any atom is -0.479 e. The lowest BCUT2D eigenvalue weighted by Gasteiger charge is -2.06. The monoisotopic (exact) mass is 358 g/mol. The van der Waals surface area contributed by atoms with Gasteiger partial charge in [-0.25, -0.2) is 0 Å². The van der Waals surface area contributed by atoms with Crippen LogP contribution in [0.2, 0.25) is 0 Å². The third kappa shape index (κ3) is 3.42. The van der Waals surface area contributed by atoms with Gasteiger partial charge in [-0.05, 0) is 28.9 Å². The molecule has 0 radical (unpaired) electrons. The normalized spacial score (nSPS) is 10.3. The maximum absolute atomic E-state index is 10.9. The number of nitro benzene ring substituents is 1. The number of nitrogens with zero attached hydrogens (tertiary/aromatic N) is 3. The number of rotatable bonds is 6. The minimum atomic E-state index is -0.482. The van der Waals surface area contributed by atoms with E-state index < -0.39 is 4.92 Å². The molecule has 20 heavy (non-hydrogen) atoms. The van der Waals surface area contributed by atoms with Gasteiger partial charge in [0, 0.05) is 12.6 Å². The lowest BCUT2D eigenvalue weighted by molar-refractivity contribution is -0.386. The average molecular weight is 359 g/mol. The van der Waals surface area contributed by atoms with E-state index in [1.807, 2.05) is 6.92 Å². The zero-order valence-corrected chi connectivity index (χ0v) is 12.9. The largest absolute Gasteiger partial charge is 0.479 e. The maximum atomic E-state index is 10.9. The van der Waals surface area contributed by atoms with Gasteiger partial charge in [-0.1, -0.05) is 17.4 Å². The Kier molecular flexibility index (Phi) is 4.85. The number of para-hydroxylation sites is 1. The van der Waals surface area contributed by atoms with E-state index >= 15 is 0 Å². The summed E-state index contributed by atoms with van der Waals surface area (Å²) in [6.07, 6.45) is 0. The van der Waals surface area contributed by atoms with E-state index in [4.69, 9.17) is 4.74 Å². The summed E-state index contributed by atoms with van der Waals surface area (Å²) in [4.78, 5) is 10.5. The van der Waals surface area contributed by atoms with Crippen molar-refractivity contribution in [2.45, 2.75) is 13.5 Å². The fourth-order valence-corrected chi connectivity index (χ4v) is 2.64. The minimum absolute atomic E-state index is 0.0872. The molecule has 2 rings (SSSR count). The van der Waals surface area contributed by atoms with E-state index in [2.05, 4.69) is 31.4 Å². The molecule has 0 aliphatic heterocycles. The summed E-state index contributed by atoms with van der Waals surface area (Å²) in [6, 6.07) is 4.67. The fourth-order valence-electron chi connectivity index (χ4n) is 1.45. The number of aromatic nitrogens is 2. The standard InChI is InChI=1S/C11H11BrN4O3S/c1-2-13-11-15-14-9(20-11)6-19-10-7(12)4-3-5-8(10)16(17)18/h3-5H,2,6H2,1H3,(H,13,15). The summed E-state index contributed by atoms with van der Waals surface area (Å²) in [5.41, 5.74) is -0.0872. The number of anilines is 1. The van der Waals surface area contributed by atoms with Gasteiger partial charge in [-0.3, -0.25) is 10.1 Å². The lowest BCUT2D eigenvalue weighted by Crippen LogP contribution is -1.99. The molecule has 0 saturated heterocycles. The van der Waals surface area contributed by atoms with Gasteiger partial charge in [0.05, 0.1) is 9.40 Å². The van der Waals surface area contributed by atoms with Crippen LogP contribution in [0.5, 0.6) is 5.75 Å². The highest BCUT2D eigenvalue weighted by Crippen LogP contribution is 2.35. The Labute approximate surface area is 127 Å². The smallest absolute Gasteiger partial charge is 0.312 e. The molecular formula is C11H11BrN4O3S. The summed E-state index contributed by atoms with van der Waals surface area (Å²) in [5, 5.41) is 23.2. The van der Waals surface area contributed by atoms with Gasteiger partial charge in [0.15, 0.2) is 5.01 Å². The molecule has 1 aromatic heterocycles. The number of ether oxygens (including phenoxy) is 1. The summed E-state index contributed by atoms with van der Waals surface area (Å²) in [7, 11) is 0. The molecule has 0 bridgehead atoms. The maximum Gasteiger partial charge on any atom is 0.312 e. The summed E-state index contributed by atoms with van der Waals surface area (Å²) in [5.74, 6) is 0.192. The van der Waals surface area contributed by atoms with Crippen molar-refractivity contribution in [2.75, 3.05) is 11.9 Å². The first kappa shape index (κ1) is 14.7. The Morgan fingerprint density at radius 3 is 3.00 bits per heavy atom. The molecular weight excluding hydrogens is 348 g/mol. The van der Waals surface area contributed by atoms with Crippen LogP contribution < -0.4 is 10.1 Å². The van der Waals surface area contributed by atoms with Gasteiger partial charge < -0.3 is 10.1 Å². The summed E-state index contributed by atoms with van der Waals surface area (Å²) >= 11 is 4.60. The van der Waals surface area contributed by atoms with Gasteiger partial charge in [0.1, 0.15) is 6.61 Å². The zero-order valence-electron chi connectivity index (χ0n) is 10.5. The van der Waals surface area contributed by atoms with Crippen molar-refractivity contribution < 1.29 is 9.66 Å². The third-order valence-electron chi connectivity index (χ3n) is 2.28. The molecule has 0 fully saturated rings. The molecule has 106 valence electrons. The van der Waals surface area contributed by atoms with Crippen LogP contribution in [0.4, 0.5) is 10.8 Å². The number of hydrogen-bond acceptors (Lipinski definition) is 7. The predicted molar refractivity (Wildman–Crippen MR) is 79.2 cm³/mol. The molecule has 0 spiro atoms. The van der Waals surface area contributed by atoms with Crippen molar-refractivity contribution in [1.82, 2.24) is 10.2 Å². The average Bonchev–Trinajstić information content (AvgIpc) is 2.85. The van der Waals surface area contributed by atoms with Crippen LogP contribution in [0.3, 0.4) is 0 Å². The van der Waals surface area contributed by atoms with Crippen LogP contribution in [0, 0.1) is 10.1 Å². The number of benzene rings is 1. The van der Waals surface area contributed by atoms with Crippen molar-refractivity contribution in [2.24, 2.45) is 0 Å². The first-order valence-electron chi connectivity index (χ1n) is 5.73. The van der Waals surface area contributed by atoms with E-state index in [9.17, 15) is 10.1 Å². The molecule has 1 aromatic carbocycles. The Balaban J connectivity index is 2.12. The topological polar surface area (TPSA) is 90.2 Å². The number of hydrogen-bond donors (Lipinski definition) is 1. The van der Waals surface area contributed by atoms with Gasteiger partial charge >= 0.3 is 5.69 Å². The molecule has 1 N–H and O–H groups in total. The first-order chi connectivity index (χ1) is 9.61. The molecule has 1 heterocycles. The Morgan fingerprint density at radius 2 is 2.30 bits per heavy atom. The number of nitrogens with one attached hydrogen (secondary N) is 1. The molecule has 0 atom stereocenters. The number of nitro groups is 1. The molecule has 2 aromatic rings. The predicted octanol–water partition coefficient (Wildman–Crippen LogP) is 3.22. The van der Waals surface area contributed by atoms with Gasteiger partial charge in [-0.2, -0.15) is 0 Å². The molecule has 0 saturated carbocycles. The molecule has 0 aliphatic rings. The van der Waals surface area contributed by atoms with E-state index in [0.717, 1.165) is 6.54 Å². The van der Waals surface area contributed by atoms with E-state index in [1.54, 1.807) is 12.1 Å². The van der Waals surface area contributed by atoms with Gasteiger partial charge in [0.25, 0.3) is 0 Å². The van der Waals surface area contributed by atoms with Crippen LogP contribution in [0.15, 0.2) is 22.7 Å². The quantitative estimate of drug-likeness (QED) is 0.629. The molecule has 0 unspecified atom stereocenters. The molecule has 0 amide bonds. The van der Waals surface area contributed by atoms with E-state index in [1.165, 1.54) is 17.4 Å². The second-order valence-corrected chi connectivity index (χ2v) is 5.58. The highest BCUT2D eigenvalue weighted by atomic mass is 79.9. The van der Waals surface area contributed by atoms with Crippen LogP contribution >= 0.6 is 27.3 Å². The van der Waals surface area contributed by atoms with Crippen LogP contribution in [0.1, 0.15) is 11.9 Å². The zero-order chi connectivity index (χ0) is 14.5. The summed E-state index contributed by atoms with van der Waals surface area (Å²) < 4.78 is 6.03. The SMILES string of the molecule is CCNc1nnc(COc2c(Br)cccc2[N+](=O)[O-])s1. The first-order valence-corrected chi connectivity index (χ1v) is 7.34. The van der Waals surface area contributed by atoms with Crippen LogP contribution in [-0.4, -0.2) is 21.7 Å². The summed E-state index contributed by atoms with van der Waals surface area (Å²) in [6.45, 7) is 2.85. The van der Waals surface area contributed by atoms with E-state index in [-0.39, 0.29) is 18.0 Å². The van der Waals surface area contributed by atoms with Crippen molar-refractivity contribution >= 4 is 38.1 Å². The fraction of sp³-hybridized carbons (Fsp3) is 0.273. The second kappa shape index (κ2) is 6.62. The second-order valence-electron chi connectivity index (χ2n) is 3.67. The lowest BCUT2D eigenvalue weighted by atomic mass is 10.3. The Morgan fingerprint density at radius 1 is 1.50 bits per heavy atom. The molecule has 7 nitrogen and oxygen atoms in total. The Hall–Kier alpha value is -1.74. The van der Waals surface area contributed by atoms with Gasteiger partial charge in [-0.15, -0.1) is 10.2 Å².